The molecule has 0 radical (unpaired) electrons. The van der Waals surface area contributed by atoms with Gasteiger partial charge in [0.2, 0.25) is 0 Å². The zero-order valence-corrected chi connectivity index (χ0v) is 15.1. The number of likely N-dealkylation sites (N-methyl/N-ethyl adjacent to an activating group) is 1. The number of nitrogens with zero attached hydrogens (tertiary/aromatic N) is 3. The summed E-state index contributed by atoms with van der Waals surface area (Å²) in [5.41, 5.74) is 1.24. The molecule has 1 aliphatic heterocycles. The van der Waals surface area contributed by atoms with Crippen LogP contribution in [-0.4, -0.2) is 70.2 Å². The van der Waals surface area contributed by atoms with Crippen LogP contribution in [0.2, 0.25) is 0 Å². The van der Waals surface area contributed by atoms with Crippen LogP contribution in [0.25, 0.3) is 0 Å². The lowest BCUT2D eigenvalue weighted by molar-refractivity contribution is -0.143. The number of imidazole rings is 1. The Labute approximate surface area is 156 Å². The summed E-state index contributed by atoms with van der Waals surface area (Å²) >= 11 is 0. The highest BCUT2D eigenvalue weighted by Crippen LogP contribution is 2.23. The minimum atomic E-state index is -0.950. The number of aromatic amines is 1. The number of ether oxygens (including phenoxy) is 1. The van der Waals surface area contributed by atoms with Crippen LogP contribution in [-0.2, 0) is 16.1 Å². The van der Waals surface area contributed by atoms with Crippen molar-refractivity contribution >= 4 is 17.7 Å². The molecular weight excluding hydrogens is 350 g/mol. The predicted octanol–water partition coefficient (Wildman–Crippen LogP) is 1.53. The Kier molecular flexibility index (Phi) is 6.05. The second-order valence-electron chi connectivity index (χ2n) is 6.34. The maximum Gasteiger partial charge on any atom is 0.325 e. The van der Waals surface area contributed by atoms with Gasteiger partial charge in [0.05, 0.1) is 19.8 Å². The van der Waals surface area contributed by atoms with E-state index in [0.717, 1.165) is 0 Å². The van der Waals surface area contributed by atoms with Gasteiger partial charge in [-0.15, -0.1) is 0 Å². The summed E-state index contributed by atoms with van der Waals surface area (Å²) < 4.78 is 5.24. The Bertz CT molecular complexity index is 757. The smallest absolute Gasteiger partial charge is 0.325 e. The average molecular weight is 373 g/mol. The molecule has 0 bridgehead atoms. The molecule has 3 rings (SSSR count). The van der Waals surface area contributed by atoms with E-state index in [-0.39, 0.29) is 6.03 Å². The van der Waals surface area contributed by atoms with Crippen LogP contribution in [0.15, 0.2) is 36.7 Å². The van der Waals surface area contributed by atoms with Gasteiger partial charge in [0, 0.05) is 31.2 Å². The summed E-state index contributed by atoms with van der Waals surface area (Å²) in [5, 5.41) is 12.5. The van der Waals surface area contributed by atoms with E-state index in [1.807, 2.05) is 0 Å². The zero-order valence-electron chi connectivity index (χ0n) is 15.1. The lowest BCUT2D eigenvalue weighted by Gasteiger charge is -2.27. The van der Waals surface area contributed by atoms with Gasteiger partial charge in [0.25, 0.3) is 0 Å². The number of amides is 2. The summed E-state index contributed by atoms with van der Waals surface area (Å²) in [6.45, 7) is 2.56. The number of morpholine rings is 1. The number of anilines is 1. The van der Waals surface area contributed by atoms with Gasteiger partial charge < -0.3 is 25.0 Å². The number of carboxylic acid groups (broad SMARTS) is 1. The quantitative estimate of drug-likeness (QED) is 0.708. The molecule has 1 fully saturated rings. The molecule has 2 aromatic rings. The third-order valence-electron chi connectivity index (χ3n) is 4.40. The van der Waals surface area contributed by atoms with Crippen molar-refractivity contribution in [1.82, 2.24) is 19.8 Å². The number of rotatable bonds is 6. The second kappa shape index (κ2) is 8.65. The lowest BCUT2D eigenvalue weighted by Crippen LogP contribution is -2.43. The minimum Gasteiger partial charge on any atom is -0.480 e. The fraction of sp³-hybridized carbons (Fsp3) is 0.389. The molecule has 1 aromatic carbocycles. The standard InChI is InChI=1S/C18H23N5O4/c1-22(12-15-19-6-7-20-15)16(17(24)25)13-2-4-14(5-3-13)21-18(26)23-8-10-27-11-9-23/h2-7,16H,8-12H2,1H3,(H,19,20)(H,21,26)(H,24,25)/t16-/m1/s1. The van der Waals surface area contributed by atoms with Crippen molar-refractivity contribution in [3.63, 3.8) is 0 Å². The second-order valence-corrected chi connectivity index (χ2v) is 6.34. The van der Waals surface area contributed by atoms with Crippen LogP contribution in [0.1, 0.15) is 17.4 Å². The summed E-state index contributed by atoms with van der Waals surface area (Å²) in [6, 6.07) is 5.85. The van der Waals surface area contributed by atoms with E-state index in [0.29, 0.717) is 49.9 Å². The maximum atomic E-state index is 12.2. The molecule has 144 valence electrons. The van der Waals surface area contributed by atoms with Gasteiger partial charge in [-0.3, -0.25) is 9.69 Å². The fourth-order valence-corrected chi connectivity index (χ4v) is 3.02. The van der Waals surface area contributed by atoms with Gasteiger partial charge in [-0.25, -0.2) is 9.78 Å². The summed E-state index contributed by atoms with van der Waals surface area (Å²) in [7, 11) is 1.73. The monoisotopic (exact) mass is 373 g/mol. The first-order valence-electron chi connectivity index (χ1n) is 8.69. The Morgan fingerprint density at radius 1 is 1.33 bits per heavy atom. The molecule has 3 N–H and O–H groups in total. The summed E-state index contributed by atoms with van der Waals surface area (Å²) in [4.78, 5) is 34.5. The van der Waals surface area contributed by atoms with E-state index < -0.39 is 12.0 Å². The fourth-order valence-electron chi connectivity index (χ4n) is 3.02. The number of nitrogens with one attached hydrogen (secondary N) is 2. The highest BCUT2D eigenvalue weighted by molar-refractivity contribution is 5.89. The molecule has 2 heterocycles. The predicted molar refractivity (Wildman–Crippen MR) is 98.3 cm³/mol. The van der Waals surface area contributed by atoms with Crippen molar-refractivity contribution < 1.29 is 19.4 Å². The van der Waals surface area contributed by atoms with Gasteiger partial charge in [0.15, 0.2) is 0 Å². The van der Waals surface area contributed by atoms with Crippen molar-refractivity contribution in [2.75, 3.05) is 38.7 Å². The van der Waals surface area contributed by atoms with E-state index in [1.165, 1.54) is 0 Å². The van der Waals surface area contributed by atoms with Crippen LogP contribution < -0.4 is 5.32 Å². The van der Waals surface area contributed by atoms with E-state index in [2.05, 4.69) is 15.3 Å². The van der Waals surface area contributed by atoms with Crippen LogP contribution in [0.5, 0.6) is 0 Å². The van der Waals surface area contributed by atoms with Crippen LogP contribution >= 0.6 is 0 Å². The van der Waals surface area contributed by atoms with Crippen molar-refractivity contribution in [2.24, 2.45) is 0 Å². The minimum absolute atomic E-state index is 0.184. The van der Waals surface area contributed by atoms with E-state index in [1.54, 1.807) is 53.5 Å². The largest absolute Gasteiger partial charge is 0.480 e. The third-order valence-corrected chi connectivity index (χ3v) is 4.40. The molecular formula is C18H23N5O4. The Hall–Kier alpha value is -2.91. The summed E-state index contributed by atoms with van der Waals surface area (Å²) in [5.74, 6) is -0.257. The molecule has 0 unspecified atom stereocenters. The molecule has 1 aromatic heterocycles. The SMILES string of the molecule is CN(Cc1ncc[nH]1)[C@@H](C(=O)O)c1ccc(NC(=O)N2CCOCC2)cc1. The van der Waals surface area contributed by atoms with Gasteiger partial charge >= 0.3 is 12.0 Å². The Morgan fingerprint density at radius 2 is 2.04 bits per heavy atom. The highest BCUT2D eigenvalue weighted by atomic mass is 16.5. The normalized spacial score (nSPS) is 15.6. The number of carbonyl (C=O) groups is 2. The molecule has 2 amide bonds. The Balaban J connectivity index is 1.66. The van der Waals surface area contributed by atoms with Crippen molar-refractivity contribution in [3.8, 4) is 0 Å². The first kappa shape index (κ1) is 18.9. The number of urea groups is 1. The highest BCUT2D eigenvalue weighted by Gasteiger charge is 2.25. The lowest BCUT2D eigenvalue weighted by atomic mass is 10.1. The molecule has 1 saturated heterocycles. The molecule has 0 aliphatic carbocycles. The first-order valence-corrected chi connectivity index (χ1v) is 8.69. The first-order chi connectivity index (χ1) is 13.0. The van der Waals surface area contributed by atoms with Gasteiger partial charge in [-0.2, -0.15) is 0 Å². The van der Waals surface area contributed by atoms with E-state index in [9.17, 15) is 14.7 Å². The molecule has 27 heavy (non-hydrogen) atoms. The maximum absolute atomic E-state index is 12.2. The number of aliphatic carboxylic acids is 1. The number of aromatic nitrogens is 2. The summed E-state index contributed by atoms with van der Waals surface area (Å²) in [6.07, 6.45) is 3.33. The number of benzene rings is 1. The number of H-pyrrole nitrogens is 1. The molecule has 1 aliphatic rings. The van der Waals surface area contributed by atoms with Gasteiger partial charge in [0.1, 0.15) is 11.9 Å². The molecule has 0 saturated carbocycles. The third kappa shape index (κ3) is 4.83. The van der Waals surface area contributed by atoms with Crippen molar-refractivity contribution in [2.45, 2.75) is 12.6 Å². The van der Waals surface area contributed by atoms with E-state index >= 15 is 0 Å². The number of carbonyl (C=O) groups excluding carboxylic acids is 1. The molecule has 1 atom stereocenters. The number of hydrogen-bond acceptors (Lipinski definition) is 5. The van der Waals surface area contributed by atoms with Crippen molar-refractivity contribution in [3.05, 3.63) is 48.0 Å². The van der Waals surface area contributed by atoms with Crippen LogP contribution in [0.3, 0.4) is 0 Å². The number of carboxylic acids is 1. The average Bonchev–Trinajstić information content (AvgIpc) is 3.16. The number of hydrogen-bond donors (Lipinski definition) is 3. The van der Waals surface area contributed by atoms with Crippen LogP contribution in [0, 0.1) is 0 Å². The van der Waals surface area contributed by atoms with E-state index in [4.69, 9.17) is 4.74 Å². The van der Waals surface area contributed by atoms with Gasteiger partial charge in [-0.05, 0) is 24.7 Å². The molecule has 0 spiro atoms. The molecule has 9 heteroatoms. The van der Waals surface area contributed by atoms with Gasteiger partial charge in [-0.1, -0.05) is 12.1 Å². The van der Waals surface area contributed by atoms with Crippen molar-refractivity contribution in [1.29, 1.82) is 0 Å². The zero-order chi connectivity index (χ0) is 19.2. The topological polar surface area (TPSA) is 111 Å². The van der Waals surface area contributed by atoms with Crippen LogP contribution in [0.4, 0.5) is 10.5 Å². The Morgan fingerprint density at radius 3 is 2.63 bits per heavy atom. The molecule has 9 nitrogen and oxygen atoms in total.